The molecule has 0 radical (unpaired) electrons. The molecule has 1 fully saturated rings. The summed E-state index contributed by atoms with van der Waals surface area (Å²) in [5, 5.41) is 0. The summed E-state index contributed by atoms with van der Waals surface area (Å²) in [7, 11) is 0.807. The molecule has 0 bridgehead atoms. The molecule has 1 saturated heterocycles. The van der Waals surface area contributed by atoms with Gasteiger partial charge in [0, 0.05) is 26.4 Å². The van der Waals surface area contributed by atoms with Gasteiger partial charge >= 0.3 is 0 Å². The molecule has 0 spiro atoms. The minimum Gasteiger partial charge on any atom is -0.396 e. The van der Waals surface area contributed by atoms with Crippen molar-refractivity contribution in [3.63, 3.8) is 0 Å². The third-order valence-electron chi connectivity index (χ3n) is 3.87. The first kappa shape index (κ1) is 15.1. The van der Waals surface area contributed by atoms with Crippen LogP contribution < -0.4 is 10.6 Å². The number of nitrogen functional groups attached to an aromatic ring is 1. The summed E-state index contributed by atoms with van der Waals surface area (Å²) in [6, 6.07) is 5.19. The lowest BCUT2D eigenvalue weighted by Crippen LogP contribution is -2.28. The third kappa shape index (κ3) is 3.24. The number of rotatable bonds is 4. The Hall–Kier alpha value is -1.27. The Morgan fingerprint density at radius 1 is 1.45 bits per heavy atom. The Morgan fingerprint density at radius 3 is 2.70 bits per heavy atom. The van der Waals surface area contributed by atoms with Crippen LogP contribution in [0.4, 0.5) is 11.4 Å². The molecule has 0 aliphatic carbocycles. The van der Waals surface area contributed by atoms with E-state index in [-0.39, 0.29) is 4.90 Å². The van der Waals surface area contributed by atoms with Crippen molar-refractivity contribution in [2.75, 3.05) is 50.6 Å². The van der Waals surface area contributed by atoms with Gasteiger partial charge in [0.25, 0.3) is 0 Å². The second-order valence-electron chi connectivity index (χ2n) is 5.76. The van der Waals surface area contributed by atoms with Gasteiger partial charge in [-0.3, -0.25) is 0 Å². The monoisotopic (exact) mass is 297 g/mol. The second-order valence-corrected chi connectivity index (χ2v) is 7.74. The van der Waals surface area contributed by atoms with Crippen molar-refractivity contribution in [2.45, 2.75) is 11.3 Å². The summed E-state index contributed by atoms with van der Waals surface area (Å²) in [5.74, 6) is 0.603. The van der Waals surface area contributed by atoms with Crippen molar-refractivity contribution in [1.82, 2.24) is 4.90 Å². The van der Waals surface area contributed by atoms with Crippen LogP contribution in [0.25, 0.3) is 0 Å². The number of anilines is 2. The Labute approximate surface area is 121 Å². The summed E-state index contributed by atoms with van der Waals surface area (Å²) < 4.78 is 23.4. The highest BCUT2D eigenvalue weighted by Crippen LogP contribution is 2.30. The first-order valence-corrected chi connectivity index (χ1v) is 8.66. The average molecular weight is 297 g/mol. The predicted molar refractivity (Wildman–Crippen MR) is 82.8 cm³/mol. The highest BCUT2D eigenvalue weighted by molar-refractivity contribution is 7.90. The zero-order chi connectivity index (χ0) is 14.9. The molecule has 2 N–H and O–H groups in total. The molecule has 112 valence electrons. The van der Waals surface area contributed by atoms with Gasteiger partial charge in [-0.2, -0.15) is 0 Å². The highest BCUT2D eigenvalue weighted by Gasteiger charge is 2.22. The fourth-order valence-electron chi connectivity index (χ4n) is 2.85. The van der Waals surface area contributed by atoms with Gasteiger partial charge in [0.05, 0.1) is 16.3 Å². The maximum atomic E-state index is 11.7. The number of para-hydroxylation sites is 1. The number of nitrogens with two attached hydrogens (primary N) is 1. The van der Waals surface area contributed by atoms with Gasteiger partial charge in [-0.05, 0) is 38.1 Å². The smallest absolute Gasteiger partial charge is 0.177 e. The summed E-state index contributed by atoms with van der Waals surface area (Å²) >= 11 is 0. The standard InChI is InChI=1S/C14H23N3O2S/c1-16-8-7-11(9-16)10-17(2)12-5-4-6-13(14(12)15)20(3,18)19/h4-6,11H,7-10,15H2,1-3H3. The molecule has 0 saturated carbocycles. The Bertz CT molecular complexity index is 586. The van der Waals surface area contributed by atoms with Crippen LogP contribution in [0.2, 0.25) is 0 Å². The topological polar surface area (TPSA) is 66.6 Å². The van der Waals surface area contributed by atoms with Gasteiger partial charge < -0.3 is 15.5 Å². The van der Waals surface area contributed by atoms with Crippen LogP contribution in [0, 0.1) is 5.92 Å². The van der Waals surface area contributed by atoms with Crippen LogP contribution in [0.3, 0.4) is 0 Å². The molecule has 1 aromatic rings. The van der Waals surface area contributed by atoms with E-state index in [4.69, 9.17) is 5.73 Å². The lowest BCUT2D eigenvalue weighted by Gasteiger charge is -2.25. The van der Waals surface area contributed by atoms with E-state index >= 15 is 0 Å². The van der Waals surface area contributed by atoms with E-state index in [1.807, 2.05) is 13.1 Å². The quantitative estimate of drug-likeness (QED) is 0.842. The molecule has 20 heavy (non-hydrogen) atoms. The predicted octanol–water partition coefficient (Wildman–Crippen LogP) is 1.06. The van der Waals surface area contributed by atoms with Gasteiger partial charge in [0.1, 0.15) is 0 Å². The molecule has 2 rings (SSSR count). The number of hydrogen-bond acceptors (Lipinski definition) is 5. The van der Waals surface area contributed by atoms with Crippen LogP contribution in [0.1, 0.15) is 6.42 Å². The lowest BCUT2D eigenvalue weighted by molar-refractivity contribution is 0.396. The van der Waals surface area contributed by atoms with E-state index in [9.17, 15) is 8.42 Å². The van der Waals surface area contributed by atoms with E-state index in [1.165, 1.54) is 12.7 Å². The van der Waals surface area contributed by atoms with Gasteiger partial charge in [0.15, 0.2) is 9.84 Å². The largest absolute Gasteiger partial charge is 0.396 e. The third-order valence-corrected chi connectivity index (χ3v) is 5.03. The van der Waals surface area contributed by atoms with Crippen molar-refractivity contribution in [2.24, 2.45) is 5.92 Å². The molecule has 0 amide bonds. The molecule has 1 aliphatic rings. The van der Waals surface area contributed by atoms with Crippen LogP contribution >= 0.6 is 0 Å². The molecular formula is C14H23N3O2S. The molecule has 1 unspecified atom stereocenters. The van der Waals surface area contributed by atoms with E-state index in [0.717, 1.165) is 25.3 Å². The van der Waals surface area contributed by atoms with Crippen LogP contribution in [-0.4, -0.2) is 53.3 Å². The van der Waals surface area contributed by atoms with Crippen molar-refractivity contribution >= 4 is 21.2 Å². The van der Waals surface area contributed by atoms with Crippen molar-refractivity contribution < 1.29 is 8.42 Å². The molecule has 1 atom stereocenters. The normalized spacial score (nSPS) is 20.2. The average Bonchev–Trinajstić information content (AvgIpc) is 2.73. The van der Waals surface area contributed by atoms with Crippen LogP contribution in [0.15, 0.2) is 23.1 Å². The summed E-state index contributed by atoms with van der Waals surface area (Å²) in [6.45, 7) is 3.09. The first-order chi connectivity index (χ1) is 9.29. The fourth-order valence-corrected chi connectivity index (χ4v) is 3.68. The minimum absolute atomic E-state index is 0.213. The molecule has 0 aromatic heterocycles. The van der Waals surface area contributed by atoms with Crippen molar-refractivity contribution in [3.8, 4) is 0 Å². The maximum Gasteiger partial charge on any atom is 0.177 e. The van der Waals surface area contributed by atoms with E-state index in [2.05, 4.69) is 16.8 Å². The molecular weight excluding hydrogens is 274 g/mol. The van der Waals surface area contributed by atoms with Crippen molar-refractivity contribution in [1.29, 1.82) is 0 Å². The van der Waals surface area contributed by atoms with E-state index in [1.54, 1.807) is 12.1 Å². The first-order valence-electron chi connectivity index (χ1n) is 6.77. The van der Waals surface area contributed by atoms with Gasteiger partial charge in [-0.1, -0.05) is 6.07 Å². The number of benzene rings is 1. The zero-order valence-electron chi connectivity index (χ0n) is 12.3. The van der Waals surface area contributed by atoms with E-state index < -0.39 is 9.84 Å². The summed E-state index contributed by atoms with van der Waals surface area (Å²) in [5.41, 5.74) is 7.19. The second kappa shape index (κ2) is 5.61. The van der Waals surface area contributed by atoms with E-state index in [0.29, 0.717) is 11.6 Å². The SMILES string of the molecule is CN1CCC(CN(C)c2cccc(S(C)(=O)=O)c2N)C1. The summed E-state index contributed by atoms with van der Waals surface area (Å²) in [4.78, 5) is 4.59. The number of nitrogens with zero attached hydrogens (tertiary/aromatic N) is 2. The van der Waals surface area contributed by atoms with Crippen LogP contribution in [0.5, 0.6) is 0 Å². The van der Waals surface area contributed by atoms with Crippen LogP contribution in [-0.2, 0) is 9.84 Å². The van der Waals surface area contributed by atoms with Gasteiger partial charge in [-0.25, -0.2) is 8.42 Å². The number of likely N-dealkylation sites (tertiary alicyclic amines) is 1. The zero-order valence-corrected chi connectivity index (χ0v) is 13.2. The minimum atomic E-state index is -3.29. The number of sulfone groups is 1. The maximum absolute atomic E-state index is 11.7. The highest BCUT2D eigenvalue weighted by atomic mass is 32.2. The Balaban J connectivity index is 2.20. The number of hydrogen-bond donors (Lipinski definition) is 1. The van der Waals surface area contributed by atoms with Crippen molar-refractivity contribution in [3.05, 3.63) is 18.2 Å². The summed E-state index contributed by atoms with van der Waals surface area (Å²) in [6.07, 6.45) is 2.36. The fraction of sp³-hybridized carbons (Fsp3) is 0.571. The molecule has 1 heterocycles. The lowest BCUT2D eigenvalue weighted by atomic mass is 10.1. The van der Waals surface area contributed by atoms with Gasteiger partial charge in [0.2, 0.25) is 0 Å². The molecule has 6 heteroatoms. The Kier molecular flexibility index (Phi) is 4.25. The molecule has 1 aromatic carbocycles. The molecule has 5 nitrogen and oxygen atoms in total. The van der Waals surface area contributed by atoms with Gasteiger partial charge in [-0.15, -0.1) is 0 Å². The molecule has 1 aliphatic heterocycles. The Morgan fingerprint density at radius 2 is 2.15 bits per heavy atom.